The van der Waals surface area contributed by atoms with Gasteiger partial charge in [0.05, 0.1) is 3.79 Å². The van der Waals surface area contributed by atoms with Gasteiger partial charge in [0.1, 0.15) is 0 Å². The van der Waals surface area contributed by atoms with Crippen LogP contribution >= 0.6 is 27.3 Å². The van der Waals surface area contributed by atoms with Crippen LogP contribution in [0.1, 0.15) is 24.1 Å². The first kappa shape index (κ1) is 16.8. The largest absolute Gasteiger partial charge is 0.381 e. The molecule has 0 radical (unpaired) electrons. The molecule has 1 aromatic rings. The van der Waals surface area contributed by atoms with Crippen molar-refractivity contribution in [1.29, 1.82) is 0 Å². The zero-order valence-electron chi connectivity index (χ0n) is 12.5. The smallest absolute Gasteiger partial charge is 0.190 e. The van der Waals surface area contributed by atoms with Crippen LogP contribution in [0.3, 0.4) is 0 Å². The fraction of sp³-hybridized carbons (Fsp3) is 0.667. The number of nitrogens with zero attached hydrogens (tertiary/aromatic N) is 1. The van der Waals surface area contributed by atoms with Crippen molar-refractivity contribution in [2.75, 3.05) is 33.4 Å². The highest BCUT2D eigenvalue weighted by molar-refractivity contribution is 9.11. The second-order valence-corrected chi connectivity index (χ2v) is 7.80. The number of hydrogen-bond acceptors (Lipinski definition) is 3. The van der Waals surface area contributed by atoms with Crippen molar-refractivity contribution in [3.8, 4) is 0 Å². The molecule has 1 fully saturated rings. The molecule has 0 saturated heterocycles. The molecule has 21 heavy (non-hydrogen) atoms. The van der Waals surface area contributed by atoms with Crippen LogP contribution in [0.2, 0.25) is 0 Å². The lowest BCUT2D eigenvalue weighted by atomic mass is 10.3. The predicted molar refractivity (Wildman–Crippen MR) is 93.2 cm³/mol. The Bertz CT molecular complexity index is 446. The molecule has 4 nitrogen and oxygen atoms in total. The van der Waals surface area contributed by atoms with Gasteiger partial charge in [-0.05, 0) is 59.7 Å². The number of hydrogen-bond donors (Lipinski definition) is 2. The number of rotatable bonds is 9. The summed E-state index contributed by atoms with van der Waals surface area (Å²) in [5, 5.41) is 6.65. The van der Waals surface area contributed by atoms with E-state index in [0.29, 0.717) is 0 Å². The molecule has 0 bridgehead atoms. The molecule has 0 amide bonds. The van der Waals surface area contributed by atoms with Gasteiger partial charge in [-0.1, -0.05) is 0 Å². The first-order valence-electron chi connectivity index (χ1n) is 7.54. The van der Waals surface area contributed by atoms with Crippen LogP contribution in [-0.2, 0) is 11.2 Å². The van der Waals surface area contributed by atoms with Crippen molar-refractivity contribution < 1.29 is 4.74 Å². The van der Waals surface area contributed by atoms with Crippen molar-refractivity contribution in [3.05, 3.63) is 20.8 Å². The maximum atomic E-state index is 5.61. The molecule has 0 spiro atoms. The Morgan fingerprint density at radius 1 is 1.38 bits per heavy atom. The molecule has 118 valence electrons. The van der Waals surface area contributed by atoms with Gasteiger partial charge in [-0.3, -0.25) is 4.99 Å². The molecular weight excluding hydrogens is 350 g/mol. The summed E-state index contributed by atoms with van der Waals surface area (Å²) in [5.41, 5.74) is 0. The molecule has 1 aromatic heterocycles. The SMILES string of the molecule is CN=C(NCCCOCC1CC1)NCCc1ccc(Br)s1. The van der Waals surface area contributed by atoms with Crippen molar-refractivity contribution in [2.45, 2.75) is 25.7 Å². The zero-order chi connectivity index (χ0) is 14.9. The maximum Gasteiger partial charge on any atom is 0.190 e. The third-order valence-corrected chi connectivity index (χ3v) is 5.01. The van der Waals surface area contributed by atoms with E-state index < -0.39 is 0 Å². The Morgan fingerprint density at radius 3 is 2.86 bits per heavy atom. The van der Waals surface area contributed by atoms with Crippen molar-refractivity contribution in [2.24, 2.45) is 10.9 Å². The first-order valence-corrected chi connectivity index (χ1v) is 9.15. The number of guanidine groups is 1. The number of ether oxygens (including phenoxy) is 1. The molecule has 6 heteroatoms. The zero-order valence-corrected chi connectivity index (χ0v) is 14.9. The van der Waals surface area contributed by atoms with Gasteiger partial charge in [-0.15, -0.1) is 11.3 Å². The molecule has 2 N–H and O–H groups in total. The lowest BCUT2D eigenvalue weighted by Gasteiger charge is -2.11. The average Bonchev–Trinajstić information content (AvgIpc) is 3.22. The van der Waals surface area contributed by atoms with Gasteiger partial charge in [0, 0.05) is 38.2 Å². The summed E-state index contributed by atoms with van der Waals surface area (Å²) < 4.78 is 6.80. The predicted octanol–water partition coefficient (Wildman–Crippen LogP) is 3.03. The van der Waals surface area contributed by atoms with Crippen LogP contribution < -0.4 is 10.6 Å². The minimum Gasteiger partial charge on any atom is -0.381 e. The van der Waals surface area contributed by atoms with Gasteiger partial charge in [0.2, 0.25) is 0 Å². The Kier molecular flexibility index (Phi) is 7.53. The molecule has 0 aromatic carbocycles. The monoisotopic (exact) mass is 373 g/mol. The van der Waals surface area contributed by atoms with Crippen molar-refractivity contribution >= 4 is 33.2 Å². The number of aliphatic imine (C=N–C) groups is 1. The minimum absolute atomic E-state index is 0.837. The first-order chi connectivity index (χ1) is 10.3. The highest BCUT2D eigenvalue weighted by Gasteiger charge is 2.20. The topological polar surface area (TPSA) is 45.7 Å². The van der Waals surface area contributed by atoms with Crippen LogP contribution in [0.5, 0.6) is 0 Å². The maximum absolute atomic E-state index is 5.61. The highest BCUT2D eigenvalue weighted by atomic mass is 79.9. The summed E-state index contributed by atoms with van der Waals surface area (Å²) >= 11 is 5.27. The third-order valence-electron chi connectivity index (χ3n) is 3.32. The van der Waals surface area contributed by atoms with Gasteiger partial charge in [-0.25, -0.2) is 0 Å². The molecule has 0 unspecified atom stereocenters. The standard InChI is InChI=1S/C15H24BrN3OS/c1-17-15(18-8-2-10-20-11-12-3-4-12)19-9-7-13-5-6-14(16)21-13/h5-6,12H,2-4,7-11H2,1H3,(H2,17,18,19). The molecule has 1 aliphatic carbocycles. The second-order valence-electron chi connectivity index (χ2n) is 5.25. The Balaban J connectivity index is 1.49. The van der Waals surface area contributed by atoms with E-state index in [-0.39, 0.29) is 0 Å². The quantitative estimate of drug-likeness (QED) is 0.397. The van der Waals surface area contributed by atoms with E-state index in [1.54, 1.807) is 18.4 Å². The third kappa shape index (κ3) is 7.29. The van der Waals surface area contributed by atoms with E-state index in [1.165, 1.54) is 21.5 Å². The minimum atomic E-state index is 0.837. The Morgan fingerprint density at radius 2 is 2.19 bits per heavy atom. The highest BCUT2D eigenvalue weighted by Crippen LogP contribution is 2.28. The van der Waals surface area contributed by atoms with Crippen LogP contribution in [0.4, 0.5) is 0 Å². The molecule has 1 saturated carbocycles. The molecule has 0 atom stereocenters. The van der Waals surface area contributed by atoms with Crippen LogP contribution in [0, 0.1) is 5.92 Å². The van der Waals surface area contributed by atoms with Crippen molar-refractivity contribution in [1.82, 2.24) is 10.6 Å². The van der Waals surface area contributed by atoms with Crippen LogP contribution in [0.25, 0.3) is 0 Å². The molecule has 1 aliphatic rings. The van der Waals surface area contributed by atoms with Gasteiger partial charge >= 0.3 is 0 Å². The van der Waals surface area contributed by atoms with Gasteiger partial charge in [0.25, 0.3) is 0 Å². The van der Waals surface area contributed by atoms with E-state index in [1.807, 2.05) is 0 Å². The molecule has 1 heterocycles. The fourth-order valence-electron chi connectivity index (χ4n) is 1.93. The summed E-state index contributed by atoms with van der Waals surface area (Å²) in [6.07, 6.45) is 4.75. The molecular formula is C15H24BrN3OS. The van der Waals surface area contributed by atoms with E-state index in [4.69, 9.17) is 4.74 Å². The summed E-state index contributed by atoms with van der Waals surface area (Å²) in [4.78, 5) is 5.60. The number of thiophene rings is 1. The van der Waals surface area contributed by atoms with E-state index in [0.717, 1.165) is 51.0 Å². The molecule has 2 rings (SSSR count). The van der Waals surface area contributed by atoms with Crippen LogP contribution in [0.15, 0.2) is 20.9 Å². The van der Waals surface area contributed by atoms with Crippen molar-refractivity contribution in [3.63, 3.8) is 0 Å². The van der Waals surface area contributed by atoms with Gasteiger partial charge in [-0.2, -0.15) is 0 Å². The normalized spacial score (nSPS) is 15.2. The lowest BCUT2D eigenvalue weighted by Crippen LogP contribution is -2.38. The van der Waals surface area contributed by atoms with Gasteiger partial charge in [0.15, 0.2) is 5.96 Å². The average molecular weight is 374 g/mol. The Labute approximate surface area is 139 Å². The van der Waals surface area contributed by atoms with E-state index >= 15 is 0 Å². The number of nitrogens with one attached hydrogen (secondary N) is 2. The number of halogens is 1. The van der Waals surface area contributed by atoms with E-state index in [9.17, 15) is 0 Å². The lowest BCUT2D eigenvalue weighted by molar-refractivity contribution is 0.123. The van der Waals surface area contributed by atoms with Crippen LogP contribution in [-0.4, -0.2) is 39.3 Å². The summed E-state index contributed by atoms with van der Waals surface area (Å²) in [7, 11) is 1.81. The Hall–Kier alpha value is -0.590. The van der Waals surface area contributed by atoms with E-state index in [2.05, 4.69) is 43.7 Å². The van der Waals surface area contributed by atoms with Gasteiger partial charge < -0.3 is 15.4 Å². The molecule has 0 aliphatic heterocycles. The fourth-order valence-corrected chi connectivity index (χ4v) is 3.41. The summed E-state index contributed by atoms with van der Waals surface area (Å²) in [6, 6.07) is 4.25. The summed E-state index contributed by atoms with van der Waals surface area (Å²) in [6.45, 7) is 3.58. The second kappa shape index (κ2) is 9.43. The summed E-state index contributed by atoms with van der Waals surface area (Å²) in [5.74, 6) is 1.72.